The van der Waals surface area contributed by atoms with Crippen molar-refractivity contribution in [3.63, 3.8) is 0 Å². The lowest BCUT2D eigenvalue weighted by Crippen LogP contribution is -2.34. The molecule has 0 bridgehead atoms. The van der Waals surface area contributed by atoms with Crippen LogP contribution in [-0.4, -0.2) is 59.5 Å². The second kappa shape index (κ2) is 13.8. The highest BCUT2D eigenvalue weighted by molar-refractivity contribution is 5.47. The Morgan fingerprint density at radius 1 is 0.943 bits per heavy atom. The standard InChI is InChI=1S/C28H39FN2O4/c1-21(2)28(20-30,23-9-11-25(33-4)27(19-23)35-6)13-7-15-31(17-14-29)16-12-22-8-10-24(32-3)26(18-22)34-5/h8-11,18-19,21H,7,12-17H2,1-6H3/t28-/m0/s1/i3T3,5T3. The molecule has 0 aliphatic rings. The first kappa shape index (κ1) is 20.2. The molecule has 2 rings (SSSR count). The van der Waals surface area contributed by atoms with Crippen LogP contribution >= 0.6 is 0 Å². The van der Waals surface area contributed by atoms with Crippen LogP contribution in [0.4, 0.5) is 4.39 Å². The zero-order valence-electron chi connectivity index (χ0n) is 26.9. The monoisotopic (exact) mass is 498 g/mol. The molecule has 7 heteroatoms. The molecule has 0 saturated carbocycles. The van der Waals surface area contributed by atoms with Gasteiger partial charge in [0.2, 0.25) is 0 Å². The number of rotatable bonds is 15. The van der Waals surface area contributed by atoms with Crippen molar-refractivity contribution in [3.05, 3.63) is 47.5 Å². The molecule has 6 nitrogen and oxygen atoms in total. The highest BCUT2D eigenvalue weighted by Crippen LogP contribution is 2.40. The molecule has 0 spiro atoms. The van der Waals surface area contributed by atoms with Crippen molar-refractivity contribution in [1.29, 1.82) is 5.26 Å². The number of hydrogen-bond donors (Lipinski definition) is 0. The predicted octanol–water partition coefficient (Wildman–Crippen LogP) is 5.43. The Balaban J connectivity index is 2.17. The summed E-state index contributed by atoms with van der Waals surface area (Å²) in [5.41, 5.74) is 0.705. The first-order valence-electron chi connectivity index (χ1n) is 14.6. The summed E-state index contributed by atoms with van der Waals surface area (Å²) in [5, 5.41) is 10.3. The topological polar surface area (TPSA) is 64.0 Å². The number of ether oxygens (including phenoxy) is 4. The van der Waals surface area contributed by atoms with Crippen molar-refractivity contribution in [2.75, 3.05) is 54.6 Å². The molecular formula is C28H39FN2O4. The van der Waals surface area contributed by atoms with Gasteiger partial charge in [0.25, 0.3) is 0 Å². The first-order valence-corrected chi connectivity index (χ1v) is 11.6. The molecule has 0 unspecified atom stereocenters. The third-order valence-electron chi connectivity index (χ3n) is 6.47. The molecule has 0 amide bonds. The maximum atomic E-state index is 13.4. The molecule has 2 aromatic rings. The summed E-state index contributed by atoms with van der Waals surface area (Å²) < 4.78 is 78.3. The normalized spacial score (nSPS) is 16.1. The van der Waals surface area contributed by atoms with Gasteiger partial charge in [-0.15, -0.1) is 0 Å². The van der Waals surface area contributed by atoms with Crippen LogP contribution in [0.3, 0.4) is 0 Å². The van der Waals surface area contributed by atoms with E-state index in [2.05, 4.69) is 6.07 Å². The van der Waals surface area contributed by atoms with Gasteiger partial charge in [0.15, 0.2) is 23.0 Å². The van der Waals surface area contributed by atoms with E-state index in [0.29, 0.717) is 49.4 Å². The van der Waals surface area contributed by atoms with Gasteiger partial charge in [-0.25, -0.2) is 4.39 Å². The molecule has 0 heterocycles. The van der Waals surface area contributed by atoms with E-state index in [1.165, 1.54) is 12.1 Å². The van der Waals surface area contributed by atoms with Crippen LogP contribution in [0.2, 0.25) is 0 Å². The quantitative estimate of drug-likeness (QED) is 0.326. The van der Waals surface area contributed by atoms with Gasteiger partial charge >= 0.3 is 0 Å². The van der Waals surface area contributed by atoms with Gasteiger partial charge in [0, 0.05) is 13.1 Å². The number of halogens is 1. The minimum absolute atomic E-state index is 0.00694. The fraction of sp³-hybridized carbons (Fsp3) is 0.536. The first-order chi connectivity index (χ1) is 19.2. The van der Waals surface area contributed by atoms with Crippen molar-refractivity contribution >= 4 is 0 Å². The van der Waals surface area contributed by atoms with E-state index in [1.807, 2.05) is 30.9 Å². The smallest absolute Gasteiger partial charge is 0.161 e. The van der Waals surface area contributed by atoms with Crippen LogP contribution in [0.5, 0.6) is 23.0 Å². The summed E-state index contributed by atoms with van der Waals surface area (Å²) in [6.07, 6.45) is 1.59. The Hall–Kier alpha value is -2.98. The molecule has 0 saturated heterocycles. The van der Waals surface area contributed by atoms with Crippen LogP contribution in [0.1, 0.15) is 46.0 Å². The van der Waals surface area contributed by atoms with E-state index in [1.54, 1.807) is 26.4 Å². The van der Waals surface area contributed by atoms with Crippen molar-refractivity contribution in [3.8, 4) is 29.1 Å². The number of benzene rings is 2. The highest BCUT2D eigenvalue weighted by Gasteiger charge is 2.36. The number of methoxy groups -OCH3 is 4. The average molecular weight is 499 g/mol. The largest absolute Gasteiger partial charge is 0.493 e. The van der Waals surface area contributed by atoms with Gasteiger partial charge in [-0.2, -0.15) is 5.26 Å². The molecule has 2 aromatic carbocycles. The Morgan fingerprint density at radius 3 is 2.23 bits per heavy atom. The molecule has 192 valence electrons. The van der Waals surface area contributed by atoms with Crippen LogP contribution in [0.25, 0.3) is 0 Å². The van der Waals surface area contributed by atoms with Crippen LogP contribution in [-0.2, 0) is 11.8 Å². The number of hydrogen-bond acceptors (Lipinski definition) is 6. The lowest BCUT2D eigenvalue weighted by molar-refractivity contribution is 0.233. The summed E-state index contributed by atoms with van der Waals surface area (Å²) in [6.45, 7) is 4.62. The molecule has 0 radical (unpaired) electrons. The maximum Gasteiger partial charge on any atom is 0.161 e. The highest BCUT2D eigenvalue weighted by atomic mass is 19.1. The van der Waals surface area contributed by atoms with Crippen molar-refractivity contribution in [1.82, 2.24) is 4.90 Å². The predicted molar refractivity (Wildman–Crippen MR) is 137 cm³/mol. The zero-order chi connectivity index (χ0) is 30.8. The summed E-state index contributed by atoms with van der Waals surface area (Å²) in [7, 11) is -2.48. The van der Waals surface area contributed by atoms with Crippen LogP contribution in [0.15, 0.2) is 36.4 Å². The van der Waals surface area contributed by atoms with Crippen molar-refractivity contribution in [2.45, 2.75) is 38.5 Å². The summed E-state index contributed by atoms with van der Waals surface area (Å²) >= 11 is 0. The Morgan fingerprint density at radius 2 is 1.60 bits per heavy atom. The van der Waals surface area contributed by atoms with E-state index in [0.717, 1.165) is 5.56 Å². The summed E-state index contributed by atoms with van der Waals surface area (Å²) in [6, 6.07) is 12.4. The second-order valence-electron chi connectivity index (χ2n) is 8.68. The molecule has 1 atom stereocenters. The molecule has 0 aromatic heterocycles. The van der Waals surface area contributed by atoms with Gasteiger partial charge < -0.3 is 23.8 Å². The summed E-state index contributed by atoms with van der Waals surface area (Å²) in [4.78, 5) is 1.94. The van der Waals surface area contributed by atoms with E-state index in [-0.39, 0.29) is 24.0 Å². The Bertz CT molecular complexity index is 1170. The lowest BCUT2D eigenvalue weighted by Gasteiger charge is -2.33. The van der Waals surface area contributed by atoms with Crippen LogP contribution < -0.4 is 18.9 Å². The van der Waals surface area contributed by atoms with Crippen LogP contribution in [0, 0.1) is 17.2 Å². The third kappa shape index (κ3) is 7.02. The van der Waals surface area contributed by atoms with Gasteiger partial charge in [-0.1, -0.05) is 26.0 Å². The SMILES string of the molecule is [3H]C([3H])([3H])Oc1ccc(CCN(CCF)CCC[C@@](C#N)(c2ccc(OC)c(OC)c2)C(C)C)cc1OC([3H])([3H])[3H]. The Kier molecular flexibility index (Phi) is 7.97. The maximum absolute atomic E-state index is 13.4. The fourth-order valence-corrected chi connectivity index (χ4v) is 4.33. The molecule has 0 N–H and O–H groups in total. The fourth-order valence-electron chi connectivity index (χ4n) is 4.33. The minimum Gasteiger partial charge on any atom is -0.493 e. The number of nitriles is 1. The molecular weight excluding hydrogens is 447 g/mol. The molecule has 35 heavy (non-hydrogen) atoms. The van der Waals surface area contributed by atoms with Gasteiger partial charge in [0.05, 0.1) is 48.0 Å². The van der Waals surface area contributed by atoms with Gasteiger partial charge in [-0.3, -0.25) is 0 Å². The van der Waals surface area contributed by atoms with E-state index in [4.69, 9.17) is 27.2 Å². The average Bonchev–Trinajstić information content (AvgIpc) is 2.89. The molecule has 0 aliphatic heterocycles. The number of alkyl halides is 1. The number of nitrogens with zero attached hydrogens (tertiary/aromatic N) is 2. The molecule has 0 aliphatic carbocycles. The lowest BCUT2D eigenvalue weighted by atomic mass is 9.69. The van der Waals surface area contributed by atoms with E-state index in [9.17, 15) is 9.65 Å². The Labute approximate surface area is 218 Å². The van der Waals surface area contributed by atoms with Crippen molar-refractivity contribution in [2.24, 2.45) is 5.92 Å². The van der Waals surface area contributed by atoms with E-state index < -0.39 is 26.2 Å². The summed E-state index contributed by atoms with van der Waals surface area (Å²) in [5.74, 6) is 0.698. The second-order valence-corrected chi connectivity index (χ2v) is 8.68. The minimum atomic E-state index is -2.80. The molecule has 0 fully saturated rings. The zero-order valence-corrected chi connectivity index (χ0v) is 20.9. The van der Waals surface area contributed by atoms with Gasteiger partial charge in [0.1, 0.15) is 6.67 Å². The van der Waals surface area contributed by atoms with Crippen molar-refractivity contribution < 1.29 is 31.6 Å². The van der Waals surface area contributed by atoms with Gasteiger partial charge in [-0.05, 0) is 67.1 Å². The third-order valence-corrected chi connectivity index (χ3v) is 6.47. The van der Waals surface area contributed by atoms with E-state index >= 15 is 0 Å².